The third kappa shape index (κ3) is 2.76. The van der Waals surface area contributed by atoms with E-state index in [1.54, 1.807) is 6.07 Å². The van der Waals surface area contributed by atoms with Crippen molar-refractivity contribution in [1.29, 1.82) is 5.26 Å². The highest BCUT2D eigenvalue weighted by molar-refractivity contribution is 5.63. The predicted molar refractivity (Wildman–Crippen MR) is 75.2 cm³/mol. The van der Waals surface area contributed by atoms with Crippen LogP contribution in [0.3, 0.4) is 0 Å². The maximum Gasteiger partial charge on any atom is 0.101 e. The molecule has 3 nitrogen and oxygen atoms in total. The van der Waals surface area contributed by atoms with Gasteiger partial charge in [-0.15, -0.1) is 0 Å². The number of nitrogen functional groups attached to an aromatic ring is 1. The fraction of sp³-hybridized carbons (Fsp3) is 0.533. The van der Waals surface area contributed by atoms with Crippen LogP contribution in [0.1, 0.15) is 44.6 Å². The van der Waals surface area contributed by atoms with Gasteiger partial charge < -0.3 is 11.1 Å². The Morgan fingerprint density at radius 1 is 1.39 bits per heavy atom. The van der Waals surface area contributed by atoms with E-state index < -0.39 is 0 Å². The van der Waals surface area contributed by atoms with Crippen LogP contribution in [0.4, 0.5) is 11.4 Å². The van der Waals surface area contributed by atoms with Crippen LogP contribution in [0.15, 0.2) is 18.2 Å². The van der Waals surface area contributed by atoms with Gasteiger partial charge in [-0.1, -0.05) is 26.2 Å². The number of nitrogens with one attached hydrogen (secondary N) is 1. The molecule has 1 saturated carbocycles. The van der Waals surface area contributed by atoms with Crippen molar-refractivity contribution < 1.29 is 0 Å². The highest BCUT2D eigenvalue weighted by atomic mass is 14.9. The van der Waals surface area contributed by atoms with Crippen molar-refractivity contribution in [3.05, 3.63) is 23.8 Å². The van der Waals surface area contributed by atoms with Crippen LogP contribution < -0.4 is 11.1 Å². The zero-order valence-corrected chi connectivity index (χ0v) is 10.9. The minimum atomic E-state index is 0.500. The van der Waals surface area contributed by atoms with Gasteiger partial charge in [0.1, 0.15) is 6.07 Å². The lowest BCUT2D eigenvalue weighted by atomic mass is 9.82. The average molecular weight is 243 g/mol. The summed E-state index contributed by atoms with van der Waals surface area (Å²) in [6.07, 6.45) is 6.32. The van der Waals surface area contributed by atoms with Crippen molar-refractivity contribution in [2.75, 3.05) is 11.1 Å². The molecule has 18 heavy (non-hydrogen) atoms. The largest absolute Gasteiger partial charge is 0.399 e. The average Bonchev–Trinajstić information content (AvgIpc) is 2.41. The van der Waals surface area contributed by atoms with Crippen molar-refractivity contribution >= 4 is 11.4 Å². The van der Waals surface area contributed by atoms with Crippen LogP contribution in [-0.4, -0.2) is 6.04 Å². The number of hydrogen-bond donors (Lipinski definition) is 2. The summed E-state index contributed by atoms with van der Waals surface area (Å²) in [4.78, 5) is 0. The first kappa shape index (κ1) is 12.8. The number of anilines is 2. The van der Waals surface area contributed by atoms with E-state index in [4.69, 9.17) is 11.0 Å². The fourth-order valence-electron chi connectivity index (χ4n) is 2.87. The molecule has 2 rings (SSSR count). The van der Waals surface area contributed by atoms with Crippen molar-refractivity contribution in [2.24, 2.45) is 5.92 Å². The van der Waals surface area contributed by atoms with Gasteiger partial charge >= 0.3 is 0 Å². The molecule has 0 heterocycles. The molecule has 1 aromatic carbocycles. The number of nitrogens with two attached hydrogens (primary N) is 1. The molecule has 0 saturated heterocycles. The number of hydrogen-bond acceptors (Lipinski definition) is 3. The molecule has 3 heteroatoms. The van der Waals surface area contributed by atoms with Gasteiger partial charge in [-0.05, 0) is 37.0 Å². The molecule has 1 aliphatic rings. The predicted octanol–water partition coefficient (Wildman–Crippen LogP) is 3.52. The smallest absolute Gasteiger partial charge is 0.101 e. The second kappa shape index (κ2) is 5.77. The van der Waals surface area contributed by atoms with Gasteiger partial charge in [0, 0.05) is 11.7 Å². The normalized spacial score (nSPS) is 23.3. The Morgan fingerprint density at radius 3 is 2.89 bits per heavy atom. The zero-order chi connectivity index (χ0) is 13.0. The summed E-state index contributed by atoms with van der Waals surface area (Å²) < 4.78 is 0. The Morgan fingerprint density at radius 2 is 2.17 bits per heavy atom. The summed E-state index contributed by atoms with van der Waals surface area (Å²) in [5.74, 6) is 0.725. The molecule has 0 bridgehead atoms. The summed E-state index contributed by atoms with van der Waals surface area (Å²) in [7, 11) is 0. The molecule has 0 aliphatic heterocycles. The van der Waals surface area contributed by atoms with Crippen molar-refractivity contribution in [1.82, 2.24) is 0 Å². The van der Waals surface area contributed by atoms with E-state index in [2.05, 4.69) is 18.3 Å². The van der Waals surface area contributed by atoms with Crippen LogP contribution in [0.5, 0.6) is 0 Å². The van der Waals surface area contributed by atoms with Gasteiger partial charge in [-0.2, -0.15) is 5.26 Å². The van der Waals surface area contributed by atoms with E-state index in [-0.39, 0.29) is 0 Å². The van der Waals surface area contributed by atoms with Crippen molar-refractivity contribution in [3.63, 3.8) is 0 Å². The van der Waals surface area contributed by atoms with Gasteiger partial charge in [-0.3, -0.25) is 0 Å². The summed E-state index contributed by atoms with van der Waals surface area (Å²) in [5, 5.41) is 12.7. The standard InChI is InChI=1S/C15H21N3/c1-2-11-5-3-4-6-14(11)18-15-8-7-13(17)9-12(15)10-16/h7-9,11,14,18H,2-6,17H2,1H3. The minimum absolute atomic E-state index is 0.500. The van der Waals surface area contributed by atoms with Gasteiger partial charge in [0.15, 0.2) is 0 Å². The lowest BCUT2D eigenvalue weighted by molar-refractivity contribution is 0.317. The molecule has 1 aliphatic carbocycles. The first-order valence-corrected chi connectivity index (χ1v) is 6.80. The monoisotopic (exact) mass is 243 g/mol. The number of nitrogens with zero attached hydrogens (tertiary/aromatic N) is 1. The molecule has 1 fully saturated rings. The van der Waals surface area contributed by atoms with Crippen LogP contribution in [0.25, 0.3) is 0 Å². The second-order valence-corrected chi connectivity index (χ2v) is 5.12. The molecular formula is C15H21N3. The van der Waals surface area contributed by atoms with Crippen LogP contribution >= 0.6 is 0 Å². The number of benzene rings is 1. The summed E-state index contributed by atoms with van der Waals surface area (Å²) in [5.41, 5.74) is 7.93. The van der Waals surface area contributed by atoms with Gasteiger partial charge in [-0.25, -0.2) is 0 Å². The highest BCUT2D eigenvalue weighted by Gasteiger charge is 2.23. The molecule has 3 N–H and O–H groups in total. The van der Waals surface area contributed by atoms with E-state index in [0.29, 0.717) is 17.3 Å². The Hall–Kier alpha value is -1.69. The molecule has 0 radical (unpaired) electrons. The van der Waals surface area contributed by atoms with E-state index in [0.717, 1.165) is 11.6 Å². The third-order valence-corrected chi connectivity index (χ3v) is 3.94. The Kier molecular flexibility index (Phi) is 4.09. The third-order valence-electron chi connectivity index (χ3n) is 3.94. The zero-order valence-electron chi connectivity index (χ0n) is 10.9. The lowest BCUT2D eigenvalue weighted by Gasteiger charge is -2.32. The molecule has 0 amide bonds. The summed E-state index contributed by atoms with van der Waals surface area (Å²) >= 11 is 0. The van der Waals surface area contributed by atoms with Crippen molar-refractivity contribution in [3.8, 4) is 6.07 Å². The number of rotatable bonds is 3. The highest BCUT2D eigenvalue weighted by Crippen LogP contribution is 2.30. The van der Waals surface area contributed by atoms with Gasteiger partial charge in [0.2, 0.25) is 0 Å². The van der Waals surface area contributed by atoms with Crippen LogP contribution in [0, 0.1) is 17.2 Å². The van der Waals surface area contributed by atoms with E-state index >= 15 is 0 Å². The summed E-state index contributed by atoms with van der Waals surface area (Å²) in [6.45, 7) is 2.25. The lowest BCUT2D eigenvalue weighted by Crippen LogP contribution is -2.32. The molecule has 1 aromatic rings. The van der Waals surface area contributed by atoms with E-state index in [9.17, 15) is 0 Å². The first-order chi connectivity index (χ1) is 8.74. The SMILES string of the molecule is CCC1CCCCC1Nc1ccc(N)cc1C#N. The van der Waals surface area contributed by atoms with E-state index in [1.807, 2.05) is 12.1 Å². The maximum absolute atomic E-state index is 9.15. The van der Waals surface area contributed by atoms with E-state index in [1.165, 1.54) is 32.1 Å². The van der Waals surface area contributed by atoms with Crippen molar-refractivity contribution in [2.45, 2.75) is 45.1 Å². The quantitative estimate of drug-likeness (QED) is 0.798. The maximum atomic E-state index is 9.15. The topological polar surface area (TPSA) is 61.8 Å². The Labute approximate surface area is 109 Å². The van der Waals surface area contributed by atoms with Crippen LogP contribution in [-0.2, 0) is 0 Å². The minimum Gasteiger partial charge on any atom is -0.399 e. The van der Waals surface area contributed by atoms with Gasteiger partial charge in [0.05, 0.1) is 11.3 Å². The molecule has 0 aromatic heterocycles. The molecule has 2 atom stereocenters. The number of nitriles is 1. The van der Waals surface area contributed by atoms with Gasteiger partial charge in [0.25, 0.3) is 0 Å². The fourth-order valence-corrected chi connectivity index (χ4v) is 2.87. The Bertz CT molecular complexity index is 448. The second-order valence-electron chi connectivity index (χ2n) is 5.12. The summed E-state index contributed by atoms with van der Waals surface area (Å²) in [6, 6.07) is 8.24. The molecule has 0 spiro atoms. The molecule has 96 valence electrons. The first-order valence-electron chi connectivity index (χ1n) is 6.80. The molecule has 2 unspecified atom stereocenters. The van der Waals surface area contributed by atoms with Crippen LogP contribution in [0.2, 0.25) is 0 Å². The molecular weight excluding hydrogens is 222 g/mol. The Balaban J connectivity index is 2.15.